The minimum atomic E-state index is -2.05. The van der Waals surface area contributed by atoms with Crippen molar-refractivity contribution < 1.29 is 24.6 Å². The second-order valence-corrected chi connectivity index (χ2v) is 6.79. The van der Waals surface area contributed by atoms with Gasteiger partial charge in [0.25, 0.3) is 5.91 Å². The fourth-order valence-corrected chi connectivity index (χ4v) is 2.57. The van der Waals surface area contributed by atoms with E-state index < -0.39 is 24.0 Å². The van der Waals surface area contributed by atoms with E-state index in [-0.39, 0.29) is 17.7 Å². The first-order valence-corrected chi connectivity index (χ1v) is 8.37. The molecule has 0 spiro atoms. The van der Waals surface area contributed by atoms with Gasteiger partial charge in [0, 0.05) is 10.9 Å². The van der Waals surface area contributed by atoms with Crippen molar-refractivity contribution in [1.82, 2.24) is 10.6 Å². The molecule has 0 saturated heterocycles. The van der Waals surface area contributed by atoms with Crippen LogP contribution in [0.4, 0.5) is 0 Å². The molecule has 0 aliphatic rings. The van der Waals surface area contributed by atoms with Crippen molar-refractivity contribution in [2.45, 2.75) is 37.3 Å². The van der Waals surface area contributed by atoms with Crippen molar-refractivity contribution in [2.75, 3.05) is 12.3 Å². The van der Waals surface area contributed by atoms with Crippen LogP contribution in [0.5, 0.6) is 0 Å². The summed E-state index contributed by atoms with van der Waals surface area (Å²) in [5.41, 5.74) is -1.73. The molecule has 132 valence electrons. The molecule has 1 unspecified atom stereocenters. The molecule has 1 atom stereocenters. The standard InChI is InChI=1S/C16H22N2O5S/c1-10(2)18-13(19)8-24-12-7-5-4-6-11(12)14(20)17-9-16(3,23)15(21)22/h4-7,10,23H,8-9H2,1-3H3,(H,17,20)(H,18,19)(H,21,22). The van der Waals surface area contributed by atoms with Gasteiger partial charge in [-0.3, -0.25) is 9.59 Å². The van der Waals surface area contributed by atoms with E-state index in [2.05, 4.69) is 10.6 Å². The Hall–Kier alpha value is -2.06. The maximum Gasteiger partial charge on any atom is 0.337 e. The molecule has 0 saturated carbocycles. The maximum atomic E-state index is 12.2. The third-order valence-electron chi connectivity index (χ3n) is 2.99. The third-order valence-corrected chi connectivity index (χ3v) is 4.07. The second kappa shape index (κ2) is 8.70. The molecule has 0 heterocycles. The number of aliphatic carboxylic acids is 1. The molecule has 1 aromatic carbocycles. The van der Waals surface area contributed by atoms with Crippen molar-refractivity contribution in [1.29, 1.82) is 0 Å². The molecular weight excluding hydrogens is 332 g/mol. The van der Waals surface area contributed by atoms with Gasteiger partial charge in [-0.1, -0.05) is 12.1 Å². The predicted octanol–water partition coefficient (Wildman–Crippen LogP) is 0.869. The van der Waals surface area contributed by atoms with Crippen LogP contribution < -0.4 is 10.6 Å². The van der Waals surface area contributed by atoms with Gasteiger partial charge in [0.05, 0.1) is 17.9 Å². The number of carbonyl (C=O) groups excluding carboxylic acids is 2. The van der Waals surface area contributed by atoms with Gasteiger partial charge in [-0.2, -0.15) is 0 Å². The molecule has 1 rings (SSSR count). The number of nitrogens with one attached hydrogen (secondary N) is 2. The van der Waals surface area contributed by atoms with Gasteiger partial charge in [0.15, 0.2) is 5.60 Å². The summed E-state index contributed by atoms with van der Waals surface area (Å²) in [7, 11) is 0. The molecule has 0 fully saturated rings. The van der Waals surface area contributed by atoms with Crippen molar-refractivity contribution in [3.63, 3.8) is 0 Å². The Morgan fingerprint density at radius 2 is 1.88 bits per heavy atom. The van der Waals surface area contributed by atoms with Crippen molar-refractivity contribution in [2.24, 2.45) is 0 Å². The fraction of sp³-hybridized carbons (Fsp3) is 0.438. The van der Waals surface area contributed by atoms with Crippen LogP contribution in [0.15, 0.2) is 29.2 Å². The van der Waals surface area contributed by atoms with Crippen LogP contribution in [0.3, 0.4) is 0 Å². The zero-order valence-electron chi connectivity index (χ0n) is 13.8. The number of carbonyl (C=O) groups is 3. The lowest BCUT2D eigenvalue weighted by molar-refractivity contribution is -0.155. The average Bonchev–Trinajstić information content (AvgIpc) is 2.50. The first kappa shape index (κ1) is 20.0. The Morgan fingerprint density at radius 1 is 1.25 bits per heavy atom. The maximum absolute atomic E-state index is 12.2. The summed E-state index contributed by atoms with van der Waals surface area (Å²) in [4.78, 5) is 35.4. The van der Waals surface area contributed by atoms with Gasteiger partial charge in [0.2, 0.25) is 5.91 Å². The van der Waals surface area contributed by atoms with E-state index in [0.717, 1.165) is 6.92 Å². The zero-order valence-corrected chi connectivity index (χ0v) is 14.6. The van der Waals surface area contributed by atoms with Crippen molar-refractivity contribution in [3.8, 4) is 0 Å². The molecule has 24 heavy (non-hydrogen) atoms. The summed E-state index contributed by atoms with van der Waals surface area (Å²) in [6.07, 6.45) is 0. The number of carboxylic acids is 1. The van der Waals surface area contributed by atoms with Crippen LogP contribution in [0.1, 0.15) is 31.1 Å². The minimum absolute atomic E-state index is 0.0369. The van der Waals surface area contributed by atoms with Crippen LogP contribution in [-0.4, -0.2) is 51.9 Å². The number of carboxylic acid groups (broad SMARTS) is 1. The molecule has 1 aromatic rings. The molecule has 0 aromatic heterocycles. The number of amides is 2. The molecule has 4 N–H and O–H groups in total. The average molecular weight is 354 g/mol. The number of aliphatic hydroxyl groups is 1. The molecule has 0 bridgehead atoms. The monoisotopic (exact) mass is 354 g/mol. The quantitative estimate of drug-likeness (QED) is 0.515. The SMILES string of the molecule is CC(C)NC(=O)CSc1ccccc1C(=O)NCC(C)(O)C(=O)O. The number of hydrogen-bond acceptors (Lipinski definition) is 5. The van der Waals surface area contributed by atoms with Crippen molar-refractivity contribution in [3.05, 3.63) is 29.8 Å². The summed E-state index contributed by atoms with van der Waals surface area (Å²) in [5, 5.41) is 23.6. The van der Waals surface area contributed by atoms with E-state index in [4.69, 9.17) is 5.11 Å². The molecule has 0 aliphatic carbocycles. The summed E-state index contributed by atoms with van der Waals surface area (Å²) < 4.78 is 0. The Bertz CT molecular complexity index is 616. The van der Waals surface area contributed by atoms with Crippen LogP contribution >= 0.6 is 11.8 Å². The van der Waals surface area contributed by atoms with E-state index >= 15 is 0 Å². The topological polar surface area (TPSA) is 116 Å². The van der Waals surface area contributed by atoms with Gasteiger partial charge in [-0.05, 0) is 32.9 Å². The molecule has 7 nitrogen and oxygen atoms in total. The largest absolute Gasteiger partial charge is 0.479 e. The highest BCUT2D eigenvalue weighted by atomic mass is 32.2. The number of thioether (sulfide) groups is 1. The predicted molar refractivity (Wildman–Crippen MR) is 91.0 cm³/mol. The highest BCUT2D eigenvalue weighted by molar-refractivity contribution is 8.00. The van der Waals surface area contributed by atoms with Crippen LogP contribution in [0, 0.1) is 0 Å². The van der Waals surface area contributed by atoms with E-state index in [9.17, 15) is 19.5 Å². The summed E-state index contributed by atoms with van der Waals surface area (Å²) >= 11 is 1.21. The number of benzene rings is 1. The first-order chi connectivity index (χ1) is 11.1. The third kappa shape index (κ3) is 6.21. The van der Waals surface area contributed by atoms with Crippen LogP contribution in [-0.2, 0) is 9.59 Å². The van der Waals surface area contributed by atoms with Gasteiger partial charge in [0.1, 0.15) is 0 Å². The van der Waals surface area contributed by atoms with E-state index in [1.807, 2.05) is 13.8 Å². The summed E-state index contributed by atoms with van der Waals surface area (Å²) in [6, 6.07) is 6.73. The zero-order chi connectivity index (χ0) is 18.3. The highest BCUT2D eigenvalue weighted by Crippen LogP contribution is 2.22. The lowest BCUT2D eigenvalue weighted by atomic mass is 10.1. The fourth-order valence-electron chi connectivity index (χ4n) is 1.71. The number of rotatable bonds is 8. The number of hydrogen-bond donors (Lipinski definition) is 4. The van der Waals surface area contributed by atoms with E-state index in [1.54, 1.807) is 24.3 Å². The van der Waals surface area contributed by atoms with Gasteiger partial charge < -0.3 is 20.8 Å². The van der Waals surface area contributed by atoms with E-state index in [1.165, 1.54) is 11.8 Å². The lowest BCUT2D eigenvalue weighted by Gasteiger charge is -2.18. The molecule has 0 aliphatic heterocycles. The van der Waals surface area contributed by atoms with Gasteiger partial charge >= 0.3 is 5.97 Å². The highest BCUT2D eigenvalue weighted by Gasteiger charge is 2.30. The Balaban J connectivity index is 2.73. The van der Waals surface area contributed by atoms with Crippen LogP contribution in [0.25, 0.3) is 0 Å². The summed E-state index contributed by atoms with van der Waals surface area (Å²) in [6.45, 7) is 4.40. The molecule has 0 radical (unpaired) electrons. The molecule has 2 amide bonds. The Labute approximate surface area is 144 Å². The Morgan fingerprint density at radius 3 is 2.46 bits per heavy atom. The lowest BCUT2D eigenvalue weighted by Crippen LogP contribution is -2.46. The van der Waals surface area contributed by atoms with Crippen LogP contribution in [0.2, 0.25) is 0 Å². The Kier molecular flexibility index (Phi) is 7.24. The van der Waals surface area contributed by atoms with E-state index in [0.29, 0.717) is 10.5 Å². The summed E-state index contributed by atoms with van der Waals surface area (Å²) in [5.74, 6) is -1.91. The van der Waals surface area contributed by atoms with Crippen molar-refractivity contribution >= 4 is 29.5 Å². The molecular formula is C16H22N2O5S. The molecule has 8 heteroatoms. The van der Waals surface area contributed by atoms with Gasteiger partial charge in [-0.25, -0.2) is 4.79 Å². The smallest absolute Gasteiger partial charge is 0.337 e. The minimum Gasteiger partial charge on any atom is -0.479 e. The first-order valence-electron chi connectivity index (χ1n) is 7.38. The normalized spacial score (nSPS) is 13.2. The second-order valence-electron chi connectivity index (χ2n) is 5.77. The van der Waals surface area contributed by atoms with Gasteiger partial charge in [-0.15, -0.1) is 11.8 Å².